The van der Waals surface area contributed by atoms with E-state index in [4.69, 9.17) is 0 Å². The third-order valence-corrected chi connectivity index (χ3v) is 6.85. The van der Waals surface area contributed by atoms with Gasteiger partial charge in [-0.05, 0) is 22.5 Å². The molecule has 0 spiro atoms. The van der Waals surface area contributed by atoms with Gasteiger partial charge >= 0.3 is 0 Å². The SMILES string of the molecule is O=P(C#Cc1cccc2ccccc12)(c1ccccc1)c1ccccc1. The second-order valence-electron chi connectivity index (χ2n) is 6.04. The normalized spacial score (nSPS) is 10.9. The molecule has 124 valence electrons. The van der Waals surface area contributed by atoms with Crippen molar-refractivity contribution in [3.8, 4) is 11.6 Å². The van der Waals surface area contributed by atoms with E-state index in [1.807, 2.05) is 84.9 Å². The summed E-state index contributed by atoms with van der Waals surface area (Å²) in [4.78, 5) is 0. The fourth-order valence-corrected chi connectivity index (χ4v) is 5.05. The van der Waals surface area contributed by atoms with Crippen LogP contribution in [0.25, 0.3) is 10.8 Å². The molecule has 0 fully saturated rings. The number of benzene rings is 4. The van der Waals surface area contributed by atoms with Gasteiger partial charge in [-0.3, -0.25) is 4.57 Å². The first-order valence-corrected chi connectivity index (χ1v) is 10.2. The molecule has 4 aromatic carbocycles. The molecule has 0 aliphatic heterocycles. The van der Waals surface area contributed by atoms with E-state index in [9.17, 15) is 4.57 Å². The average molecular weight is 352 g/mol. The van der Waals surface area contributed by atoms with Crippen molar-refractivity contribution in [2.45, 2.75) is 0 Å². The molecule has 0 N–H and O–H groups in total. The highest BCUT2D eigenvalue weighted by molar-refractivity contribution is 7.83. The fourth-order valence-electron chi connectivity index (χ4n) is 3.03. The van der Waals surface area contributed by atoms with E-state index in [1.165, 1.54) is 0 Å². The molecule has 0 aromatic heterocycles. The summed E-state index contributed by atoms with van der Waals surface area (Å²) in [6, 6.07) is 33.2. The van der Waals surface area contributed by atoms with Crippen molar-refractivity contribution in [2.24, 2.45) is 0 Å². The van der Waals surface area contributed by atoms with Gasteiger partial charge in [0, 0.05) is 16.2 Å². The Morgan fingerprint density at radius 1 is 0.577 bits per heavy atom. The number of hydrogen-bond acceptors (Lipinski definition) is 1. The lowest BCUT2D eigenvalue weighted by Crippen LogP contribution is -2.14. The standard InChI is InChI=1S/C24H17OP/c25-26(22-13-3-1-4-14-22,23-15-5-2-6-16-23)19-18-21-12-9-11-20-10-7-8-17-24(20)21/h1-17H. The summed E-state index contributed by atoms with van der Waals surface area (Å²) in [6.07, 6.45) is 0. The van der Waals surface area contributed by atoms with E-state index < -0.39 is 7.14 Å². The Labute approximate surface area is 153 Å². The minimum absolute atomic E-state index is 0.763. The maximum Gasteiger partial charge on any atom is 0.211 e. The maximum atomic E-state index is 14.0. The van der Waals surface area contributed by atoms with Crippen molar-refractivity contribution in [1.82, 2.24) is 0 Å². The molecule has 4 aromatic rings. The zero-order valence-electron chi connectivity index (χ0n) is 14.2. The van der Waals surface area contributed by atoms with Crippen molar-refractivity contribution in [2.75, 3.05) is 0 Å². The highest BCUT2D eigenvalue weighted by atomic mass is 31.2. The minimum atomic E-state index is -3.03. The molecule has 0 atom stereocenters. The van der Waals surface area contributed by atoms with E-state index in [-0.39, 0.29) is 0 Å². The molecule has 2 heteroatoms. The van der Waals surface area contributed by atoms with Gasteiger partial charge in [0.05, 0.1) is 0 Å². The Morgan fingerprint density at radius 3 is 1.77 bits per heavy atom. The van der Waals surface area contributed by atoms with Crippen LogP contribution in [0, 0.1) is 11.6 Å². The number of hydrogen-bond donors (Lipinski definition) is 0. The summed E-state index contributed by atoms with van der Waals surface area (Å²) < 4.78 is 14.0. The van der Waals surface area contributed by atoms with Crippen molar-refractivity contribution in [3.05, 3.63) is 109 Å². The van der Waals surface area contributed by atoms with Crippen LogP contribution in [-0.4, -0.2) is 0 Å². The van der Waals surface area contributed by atoms with Gasteiger partial charge in [0.15, 0.2) is 0 Å². The van der Waals surface area contributed by atoms with Crippen LogP contribution in [0.15, 0.2) is 103 Å². The molecule has 0 aliphatic rings. The minimum Gasteiger partial charge on any atom is -0.300 e. The second-order valence-corrected chi connectivity index (χ2v) is 8.52. The second kappa shape index (κ2) is 7.04. The van der Waals surface area contributed by atoms with Crippen LogP contribution in [0.3, 0.4) is 0 Å². The molecule has 26 heavy (non-hydrogen) atoms. The zero-order valence-corrected chi connectivity index (χ0v) is 15.1. The van der Waals surface area contributed by atoms with Gasteiger partial charge in [-0.1, -0.05) is 103 Å². The lowest BCUT2D eigenvalue weighted by molar-refractivity contribution is 0.593. The Balaban J connectivity index is 1.90. The largest absolute Gasteiger partial charge is 0.300 e. The summed E-state index contributed by atoms with van der Waals surface area (Å²) >= 11 is 0. The maximum absolute atomic E-state index is 14.0. The number of rotatable bonds is 2. The third-order valence-electron chi connectivity index (χ3n) is 4.38. The van der Waals surface area contributed by atoms with Crippen LogP contribution in [0.5, 0.6) is 0 Å². The molecule has 1 nitrogen and oxygen atoms in total. The van der Waals surface area contributed by atoms with E-state index in [0.717, 1.165) is 26.9 Å². The Hall–Kier alpha value is -3.07. The van der Waals surface area contributed by atoms with Gasteiger partial charge in [-0.2, -0.15) is 0 Å². The lowest BCUT2D eigenvalue weighted by Gasteiger charge is -2.12. The molecule has 0 saturated heterocycles. The van der Waals surface area contributed by atoms with Gasteiger partial charge in [-0.15, -0.1) is 0 Å². The molecule has 0 unspecified atom stereocenters. The summed E-state index contributed by atoms with van der Waals surface area (Å²) in [7, 11) is -3.03. The van der Waals surface area contributed by atoms with Crippen LogP contribution >= 0.6 is 7.14 Å². The van der Waals surface area contributed by atoms with Crippen LogP contribution in [0.1, 0.15) is 5.56 Å². The smallest absolute Gasteiger partial charge is 0.211 e. The number of fused-ring (bicyclic) bond motifs is 1. The first-order chi connectivity index (χ1) is 12.8. The summed E-state index contributed by atoms with van der Waals surface area (Å²) in [5.41, 5.74) is 4.04. The van der Waals surface area contributed by atoms with Gasteiger partial charge in [0.1, 0.15) is 0 Å². The van der Waals surface area contributed by atoms with Gasteiger partial charge < -0.3 is 0 Å². The highest BCUT2D eigenvalue weighted by Crippen LogP contribution is 2.42. The Morgan fingerprint density at radius 2 is 1.12 bits per heavy atom. The predicted molar refractivity (Wildman–Crippen MR) is 111 cm³/mol. The first kappa shape index (κ1) is 16.4. The van der Waals surface area contributed by atoms with Crippen LogP contribution in [-0.2, 0) is 4.57 Å². The van der Waals surface area contributed by atoms with Crippen molar-refractivity contribution in [3.63, 3.8) is 0 Å². The molecule has 0 heterocycles. The Kier molecular flexibility index (Phi) is 4.44. The Bertz CT molecular complexity index is 1100. The van der Waals surface area contributed by atoms with Crippen molar-refractivity contribution in [1.29, 1.82) is 0 Å². The molecular weight excluding hydrogens is 335 g/mol. The van der Waals surface area contributed by atoms with Gasteiger partial charge in [-0.25, -0.2) is 0 Å². The van der Waals surface area contributed by atoms with Gasteiger partial charge in [0.25, 0.3) is 0 Å². The van der Waals surface area contributed by atoms with Crippen LogP contribution < -0.4 is 10.6 Å². The average Bonchev–Trinajstić information content (AvgIpc) is 2.73. The summed E-state index contributed by atoms with van der Waals surface area (Å²) in [5.74, 6) is 3.21. The highest BCUT2D eigenvalue weighted by Gasteiger charge is 2.24. The molecule has 0 saturated carbocycles. The molecule has 0 aliphatic carbocycles. The topological polar surface area (TPSA) is 17.1 Å². The van der Waals surface area contributed by atoms with Crippen LogP contribution in [0.2, 0.25) is 0 Å². The molecule has 0 radical (unpaired) electrons. The molecular formula is C24H17OP. The van der Waals surface area contributed by atoms with E-state index >= 15 is 0 Å². The quantitative estimate of drug-likeness (QED) is 0.360. The zero-order chi connectivity index (χ0) is 17.8. The van der Waals surface area contributed by atoms with Gasteiger partial charge in [0.2, 0.25) is 7.14 Å². The summed E-state index contributed by atoms with van der Waals surface area (Å²) in [6.45, 7) is 0. The van der Waals surface area contributed by atoms with E-state index in [1.54, 1.807) is 0 Å². The molecule has 4 rings (SSSR count). The molecule has 0 amide bonds. The fraction of sp³-hybridized carbons (Fsp3) is 0. The third kappa shape index (κ3) is 3.08. The predicted octanol–water partition coefficient (Wildman–Crippen LogP) is 5.16. The van der Waals surface area contributed by atoms with Crippen LogP contribution in [0.4, 0.5) is 0 Å². The monoisotopic (exact) mass is 352 g/mol. The summed E-state index contributed by atoms with van der Waals surface area (Å²) in [5, 5.41) is 3.74. The first-order valence-electron chi connectivity index (χ1n) is 8.50. The van der Waals surface area contributed by atoms with E-state index in [2.05, 4.69) is 29.8 Å². The lowest BCUT2D eigenvalue weighted by atomic mass is 10.1. The molecule has 0 bridgehead atoms. The van der Waals surface area contributed by atoms with Crippen molar-refractivity contribution < 1.29 is 4.57 Å². The van der Waals surface area contributed by atoms with E-state index in [0.29, 0.717) is 0 Å². The van der Waals surface area contributed by atoms with Crippen molar-refractivity contribution >= 4 is 28.5 Å².